The molecule has 1 rings (SSSR count). The summed E-state index contributed by atoms with van der Waals surface area (Å²) in [6.45, 7) is 2.21. The van der Waals surface area contributed by atoms with Gasteiger partial charge in [-0.3, -0.25) is 4.79 Å². The van der Waals surface area contributed by atoms with Crippen LogP contribution >= 0.6 is 0 Å². The lowest BCUT2D eigenvalue weighted by atomic mass is 10.1. The highest BCUT2D eigenvalue weighted by atomic mass is 19.4. The normalized spacial score (nSPS) is 11.4. The molecule has 1 N–H and O–H groups in total. The fraction of sp³-hybridized carbons (Fsp3) is 0.500. The Morgan fingerprint density at radius 2 is 2.00 bits per heavy atom. The van der Waals surface area contributed by atoms with E-state index in [9.17, 15) is 18.0 Å². The summed E-state index contributed by atoms with van der Waals surface area (Å²) in [6.07, 6.45) is -2.48. The first kappa shape index (κ1) is 16.3. The van der Waals surface area contributed by atoms with Crippen LogP contribution in [0.2, 0.25) is 0 Å². The molecule has 0 aliphatic heterocycles. The van der Waals surface area contributed by atoms with Crippen molar-refractivity contribution >= 4 is 5.97 Å². The highest BCUT2D eigenvalue weighted by Crippen LogP contribution is 2.37. The van der Waals surface area contributed by atoms with Crippen LogP contribution in [0.3, 0.4) is 0 Å². The van der Waals surface area contributed by atoms with Crippen LogP contribution in [0.1, 0.15) is 37.3 Å². The summed E-state index contributed by atoms with van der Waals surface area (Å²) < 4.78 is 43.9. The van der Waals surface area contributed by atoms with Gasteiger partial charge in [0.2, 0.25) is 0 Å². The van der Waals surface area contributed by atoms with Crippen LogP contribution in [-0.2, 0) is 17.4 Å². The van der Waals surface area contributed by atoms with Crippen molar-refractivity contribution in [1.82, 2.24) is 0 Å². The first-order valence-corrected chi connectivity index (χ1v) is 6.39. The number of hydrogen-bond acceptors (Lipinski definition) is 2. The van der Waals surface area contributed by atoms with E-state index >= 15 is 0 Å². The van der Waals surface area contributed by atoms with Crippen molar-refractivity contribution in [3.05, 3.63) is 29.3 Å². The van der Waals surface area contributed by atoms with E-state index in [0.717, 1.165) is 18.9 Å². The molecule has 0 amide bonds. The molecule has 0 aliphatic carbocycles. The zero-order valence-electron chi connectivity index (χ0n) is 11.2. The van der Waals surface area contributed by atoms with Gasteiger partial charge < -0.3 is 9.84 Å². The quantitative estimate of drug-likeness (QED) is 0.775. The predicted octanol–water partition coefficient (Wildman–Crippen LogP) is 3.90. The van der Waals surface area contributed by atoms with E-state index in [1.165, 1.54) is 12.1 Å². The highest BCUT2D eigenvalue weighted by molar-refractivity contribution is 5.70. The van der Waals surface area contributed by atoms with E-state index in [2.05, 4.69) is 0 Å². The maximum absolute atomic E-state index is 12.9. The predicted molar refractivity (Wildman–Crippen MR) is 67.8 cm³/mol. The zero-order chi connectivity index (χ0) is 15.2. The number of carbonyl (C=O) groups is 1. The Kier molecular flexibility index (Phi) is 5.85. The maximum atomic E-state index is 12.9. The van der Waals surface area contributed by atoms with Gasteiger partial charge in [0.25, 0.3) is 0 Å². The Bertz CT molecular complexity index is 455. The zero-order valence-corrected chi connectivity index (χ0v) is 11.2. The monoisotopic (exact) mass is 290 g/mol. The molecular formula is C14H17F3O3. The molecule has 0 fully saturated rings. The molecule has 0 saturated carbocycles. The summed E-state index contributed by atoms with van der Waals surface area (Å²) in [5, 5.41) is 8.62. The fourth-order valence-corrected chi connectivity index (χ4v) is 1.74. The molecule has 3 nitrogen and oxygen atoms in total. The van der Waals surface area contributed by atoms with Crippen molar-refractivity contribution in [2.75, 3.05) is 6.61 Å². The Balaban J connectivity index is 2.90. The third kappa shape index (κ3) is 5.11. The topological polar surface area (TPSA) is 46.5 Å². The summed E-state index contributed by atoms with van der Waals surface area (Å²) in [5.41, 5.74) is -0.821. The summed E-state index contributed by atoms with van der Waals surface area (Å²) in [7, 11) is 0. The first-order chi connectivity index (χ1) is 9.34. The lowest BCUT2D eigenvalue weighted by molar-refractivity contribution is -0.139. The van der Waals surface area contributed by atoms with Crippen LogP contribution in [0.15, 0.2) is 18.2 Å². The van der Waals surface area contributed by atoms with Gasteiger partial charge in [-0.05, 0) is 24.1 Å². The van der Waals surface area contributed by atoms with Gasteiger partial charge in [0.1, 0.15) is 5.75 Å². The molecule has 0 aromatic heterocycles. The molecular weight excluding hydrogens is 273 g/mol. The molecule has 1 aromatic rings. The Morgan fingerprint density at radius 1 is 1.30 bits per heavy atom. The standard InChI is InChI=1S/C14H17F3O3/c1-2-3-4-7-20-12-6-5-10(9-13(18)19)8-11(12)14(15,16)17/h5-6,8H,2-4,7,9H2,1H3,(H,18,19). The number of carboxylic acid groups (broad SMARTS) is 1. The highest BCUT2D eigenvalue weighted by Gasteiger charge is 2.34. The number of hydrogen-bond donors (Lipinski definition) is 1. The number of benzene rings is 1. The molecule has 0 aliphatic rings. The summed E-state index contributed by atoms with van der Waals surface area (Å²) >= 11 is 0. The van der Waals surface area contributed by atoms with Gasteiger partial charge in [-0.15, -0.1) is 0 Å². The van der Waals surface area contributed by atoms with Crippen molar-refractivity contribution in [1.29, 1.82) is 0 Å². The minimum atomic E-state index is -4.56. The minimum absolute atomic E-state index is 0.103. The van der Waals surface area contributed by atoms with E-state index in [4.69, 9.17) is 9.84 Å². The SMILES string of the molecule is CCCCCOc1ccc(CC(=O)O)cc1C(F)(F)F. The fourth-order valence-electron chi connectivity index (χ4n) is 1.74. The van der Waals surface area contributed by atoms with Crippen LogP contribution in [0.5, 0.6) is 5.75 Å². The second-order valence-electron chi connectivity index (χ2n) is 4.45. The van der Waals surface area contributed by atoms with E-state index in [-0.39, 0.29) is 17.9 Å². The molecule has 112 valence electrons. The number of halogens is 3. The van der Waals surface area contributed by atoms with Crippen molar-refractivity contribution < 1.29 is 27.8 Å². The third-order valence-electron chi connectivity index (χ3n) is 2.71. The molecule has 0 saturated heterocycles. The van der Waals surface area contributed by atoms with Gasteiger partial charge in [0.15, 0.2) is 0 Å². The van der Waals surface area contributed by atoms with Gasteiger partial charge in [-0.25, -0.2) is 0 Å². The number of ether oxygens (including phenoxy) is 1. The van der Waals surface area contributed by atoms with E-state index in [0.29, 0.717) is 6.42 Å². The van der Waals surface area contributed by atoms with Crippen LogP contribution in [0.4, 0.5) is 13.2 Å². The first-order valence-electron chi connectivity index (χ1n) is 6.39. The minimum Gasteiger partial charge on any atom is -0.493 e. The van der Waals surface area contributed by atoms with Gasteiger partial charge in [-0.2, -0.15) is 13.2 Å². The summed E-state index contributed by atoms with van der Waals surface area (Å²) in [4.78, 5) is 10.5. The molecule has 0 radical (unpaired) electrons. The molecule has 0 unspecified atom stereocenters. The summed E-state index contributed by atoms with van der Waals surface area (Å²) in [5.74, 6) is -1.42. The van der Waals surface area contributed by atoms with Gasteiger partial charge >= 0.3 is 12.1 Å². The maximum Gasteiger partial charge on any atom is 0.419 e. The van der Waals surface area contributed by atoms with Crippen LogP contribution < -0.4 is 4.74 Å². The number of rotatable bonds is 7. The lowest BCUT2D eigenvalue weighted by Gasteiger charge is -2.15. The van der Waals surface area contributed by atoms with Crippen molar-refractivity contribution in [2.24, 2.45) is 0 Å². The number of unbranched alkanes of at least 4 members (excludes halogenated alkanes) is 2. The Hall–Kier alpha value is -1.72. The molecule has 0 heterocycles. The van der Waals surface area contributed by atoms with Crippen molar-refractivity contribution in [3.8, 4) is 5.75 Å². The molecule has 1 aromatic carbocycles. The number of aliphatic carboxylic acids is 1. The molecule has 0 atom stereocenters. The Morgan fingerprint density at radius 3 is 2.55 bits per heavy atom. The summed E-state index contributed by atoms with van der Waals surface area (Å²) in [6, 6.07) is 3.37. The average Bonchev–Trinajstić information content (AvgIpc) is 2.34. The van der Waals surface area contributed by atoms with Gasteiger partial charge in [-0.1, -0.05) is 25.8 Å². The van der Waals surface area contributed by atoms with E-state index < -0.39 is 24.1 Å². The van der Waals surface area contributed by atoms with Crippen LogP contribution in [0.25, 0.3) is 0 Å². The largest absolute Gasteiger partial charge is 0.493 e. The van der Waals surface area contributed by atoms with Crippen molar-refractivity contribution in [3.63, 3.8) is 0 Å². The van der Waals surface area contributed by atoms with Crippen LogP contribution in [0, 0.1) is 0 Å². The average molecular weight is 290 g/mol. The van der Waals surface area contributed by atoms with E-state index in [1.807, 2.05) is 6.92 Å². The number of alkyl halides is 3. The van der Waals surface area contributed by atoms with Crippen molar-refractivity contribution in [2.45, 2.75) is 38.8 Å². The van der Waals surface area contributed by atoms with Crippen LogP contribution in [-0.4, -0.2) is 17.7 Å². The van der Waals surface area contributed by atoms with E-state index in [1.54, 1.807) is 0 Å². The molecule has 0 spiro atoms. The molecule has 6 heteroatoms. The number of carboxylic acids is 1. The third-order valence-corrected chi connectivity index (χ3v) is 2.71. The second-order valence-corrected chi connectivity index (χ2v) is 4.45. The molecule has 0 bridgehead atoms. The Labute approximate surface area is 115 Å². The van der Waals surface area contributed by atoms with Gasteiger partial charge in [0, 0.05) is 0 Å². The second kappa shape index (κ2) is 7.17. The van der Waals surface area contributed by atoms with Gasteiger partial charge in [0.05, 0.1) is 18.6 Å². The lowest BCUT2D eigenvalue weighted by Crippen LogP contribution is -2.11. The molecule has 20 heavy (non-hydrogen) atoms. The smallest absolute Gasteiger partial charge is 0.419 e.